The molecular formula is C15H11FN6O3. The van der Waals surface area contributed by atoms with E-state index in [0.29, 0.717) is 5.69 Å². The molecular weight excluding hydrogens is 331 g/mol. The van der Waals surface area contributed by atoms with Gasteiger partial charge in [-0.15, -0.1) is 5.10 Å². The zero-order valence-electron chi connectivity index (χ0n) is 12.7. The average molecular weight is 342 g/mol. The summed E-state index contributed by atoms with van der Waals surface area (Å²) in [6.07, 6.45) is 0. The van der Waals surface area contributed by atoms with E-state index in [9.17, 15) is 19.3 Å². The Labute approximate surface area is 140 Å². The maximum absolute atomic E-state index is 13.3. The van der Waals surface area contributed by atoms with Gasteiger partial charge in [0.05, 0.1) is 17.2 Å². The highest BCUT2D eigenvalue weighted by atomic mass is 19.1. The summed E-state index contributed by atoms with van der Waals surface area (Å²) in [4.78, 5) is 22.6. The first-order valence-corrected chi connectivity index (χ1v) is 7.11. The molecule has 0 saturated carbocycles. The van der Waals surface area contributed by atoms with Gasteiger partial charge in [0.25, 0.3) is 11.6 Å². The van der Waals surface area contributed by atoms with Crippen molar-refractivity contribution in [2.45, 2.75) is 6.54 Å². The van der Waals surface area contributed by atoms with Crippen molar-refractivity contribution in [2.75, 3.05) is 0 Å². The molecule has 0 spiro atoms. The minimum absolute atomic E-state index is 0.0720. The summed E-state index contributed by atoms with van der Waals surface area (Å²) in [6, 6.07) is 11.2. The Morgan fingerprint density at radius 3 is 2.80 bits per heavy atom. The fourth-order valence-electron chi connectivity index (χ4n) is 2.20. The van der Waals surface area contributed by atoms with Crippen molar-refractivity contribution < 1.29 is 14.1 Å². The summed E-state index contributed by atoms with van der Waals surface area (Å²) in [5, 5.41) is 24.5. The number of halogens is 1. The van der Waals surface area contributed by atoms with Crippen molar-refractivity contribution in [3.63, 3.8) is 0 Å². The van der Waals surface area contributed by atoms with Gasteiger partial charge in [0.15, 0.2) is 5.82 Å². The number of carbonyl (C=O) groups excluding carboxylic acids is 1. The molecule has 1 N–H and O–H groups in total. The van der Waals surface area contributed by atoms with E-state index in [1.807, 2.05) is 0 Å². The van der Waals surface area contributed by atoms with Crippen LogP contribution in [-0.4, -0.2) is 31.0 Å². The first kappa shape index (κ1) is 16.2. The molecule has 1 amide bonds. The molecule has 10 heteroatoms. The maximum atomic E-state index is 13.3. The van der Waals surface area contributed by atoms with Crippen molar-refractivity contribution in [2.24, 2.45) is 0 Å². The summed E-state index contributed by atoms with van der Waals surface area (Å²) in [5.41, 5.74) is 0.0157. The van der Waals surface area contributed by atoms with Crippen LogP contribution in [0.25, 0.3) is 5.69 Å². The third-order valence-electron chi connectivity index (χ3n) is 3.34. The molecule has 0 radical (unpaired) electrons. The molecule has 1 heterocycles. The lowest BCUT2D eigenvalue weighted by molar-refractivity contribution is -0.385. The highest BCUT2D eigenvalue weighted by Crippen LogP contribution is 2.17. The van der Waals surface area contributed by atoms with Crippen molar-refractivity contribution in [1.29, 1.82) is 0 Å². The number of hydrogen-bond acceptors (Lipinski definition) is 6. The first-order valence-electron chi connectivity index (χ1n) is 7.11. The molecule has 0 aliphatic carbocycles. The number of nitro benzene ring substituents is 1. The number of nitrogens with zero attached hydrogens (tertiary/aromatic N) is 5. The summed E-state index contributed by atoms with van der Waals surface area (Å²) >= 11 is 0. The summed E-state index contributed by atoms with van der Waals surface area (Å²) in [7, 11) is 0. The Morgan fingerprint density at radius 1 is 1.24 bits per heavy atom. The van der Waals surface area contributed by atoms with Crippen molar-refractivity contribution in [1.82, 2.24) is 25.5 Å². The van der Waals surface area contributed by atoms with Gasteiger partial charge in [0.2, 0.25) is 0 Å². The highest BCUT2D eigenvalue weighted by Gasteiger charge is 2.19. The Balaban J connectivity index is 1.79. The van der Waals surface area contributed by atoms with Gasteiger partial charge in [-0.2, -0.15) is 4.68 Å². The highest BCUT2D eigenvalue weighted by molar-refractivity contribution is 5.98. The van der Waals surface area contributed by atoms with Gasteiger partial charge in [0, 0.05) is 6.07 Å². The lowest BCUT2D eigenvalue weighted by atomic mass is 10.1. The Kier molecular flexibility index (Phi) is 4.42. The lowest BCUT2D eigenvalue weighted by Gasteiger charge is -2.07. The molecule has 0 atom stereocenters. The van der Waals surface area contributed by atoms with Crippen molar-refractivity contribution in [3.8, 4) is 5.69 Å². The van der Waals surface area contributed by atoms with Crippen LogP contribution in [0.2, 0.25) is 0 Å². The van der Waals surface area contributed by atoms with Crippen molar-refractivity contribution >= 4 is 11.6 Å². The van der Waals surface area contributed by atoms with Gasteiger partial charge in [-0.25, -0.2) is 4.39 Å². The molecule has 3 aromatic rings. The zero-order chi connectivity index (χ0) is 17.8. The van der Waals surface area contributed by atoms with Gasteiger partial charge >= 0.3 is 0 Å². The third kappa shape index (κ3) is 3.47. The van der Waals surface area contributed by atoms with Gasteiger partial charge < -0.3 is 5.32 Å². The minimum atomic E-state index is -0.638. The van der Waals surface area contributed by atoms with E-state index in [-0.39, 0.29) is 23.6 Å². The fraction of sp³-hybridized carbons (Fsp3) is 0.0667. The van der Waals surface area contributed by atoms with Crippen LogP contribution >= 0.6 is 0 Å². The standard InChI is InChI=1S/C15H11FN6O3/c16-10-4-3-5-11(8-10)21-14(18-19-20-21)9-17-15(23)12-6-1-2-7-13(12)22(24)25/h1-8H,9H2,(H,17,23). The number of amides is 1. The third-order valence-corrected chi connectivity index (χ3v) is 3.34. The van der Waals surface area contributed by atoms with E-state index in [1.54, 1.807) is 6.07 Å². The quantitative estimate of drug-likeness (QED) is 0.556. The van der Waals surface area contributed by atoms with E-state index in [1.165, 1.54) is 47.1 Å². The van der Waals surface area contributed by atoms with E-state index >= 15 is 0 Å². The molecule has 1 aromatic heterocycles. The molecule has 0 fully saturated rings. The Morgan fingerprint density at radius 2 is 2.04 bits per heavy atom. The SMILES string of the molecule is O=C(NCc1nnnn1-c1cccc(F)c1)c1ccccc1[N+](=O)[O-]. The van der Waals surface area contributed by atoms with Crippen LogP contribution < -0.4 is 5.32 Å². The van der Waals surface area contributed by atoms with Crippen LogP contribution in [0.15, 0.2) is 48.5 Å². The summed E-state index contributed by atoms with van der Waals surface area (Å²) in [5.74, 6) is -0.846. The number of rotatable bonds is 5. The van der Waals surface area contributed by atoms with E-state index in [2.05, 4.69) is 20.8 Å². The molecule has 126 valence electrons. The molecule has 3 rings (SSSR count). The number of hydrogen-bond donors (Lipinski definition) is 1. The van der Waals surface area contributed by atoms with Crippen LogP contribution in [0.3, 0.4) is 0 Å². The monoisotopic (exact) mass is 342 g/mol. The van der Waals surface area contributed by atoms with E-state index in [0.717, 1.165) is 0 Å². The number of benzene rings is 2. The fourth-order valence-corrected chi connectivity index (χ4v) is 2.20. The van der Waals surface area contributed by atoms with Crippen molar-refractivity contribution in [3.05, 3.63) is 75.9 Å². The van der Waals surface area contributed by atoms with Crippen LogP contribution in [0, 0.1) is 15.9 Å². The predicted molar refractivity (Wildman–Crippen MR) is 83.4 cm³/mol. The zero-order valence-corrected chi connectivity index (χ0v) is 12.7. The number of carbonyl (C=O) groups is 1. The second kappa shape index (κ2) is 6.83. The largest absolute Gasteiger partial charge is 0.344 e. The number of para-hydroxylation sites is 1. The molecule has 0 bridgehead atoms. The molecule has 25 heavy (non-hydrogen) atoms. The summed E-state index contributed by atoms with van der Waals surface area (Å²) < 4.78 is 14.6. The maximum Gasteiger partial charge on any atom is 0.282 e. The average Bonchev–Trinajstić information content (AvgIpc) is 3.08. The normalized spacial score (nSPS) is 10.4. The number of nitro groups is 1. The molecule has 0 unspecified atom stereocenters. The number of aromatic nitrogens is 4. The predicted octanol–water partition coefficient (Wildman–Crippen LogP) is 1.64. The van der Waals surface area contributed by atoms with Crippen LogP contribution in [0.5, 0.6) is 0 Å². The van der Waals surface area contributed by atoms with Crippen LogP contribution in [0.4, 0.5) is 10.1 Å². The van der Waals surface area contributed by atoms with E-state index < -0.39 is 16.6 Å². The molecule has 9 nitrogen and oxygen atoms in total. The number of nitrogens with one attached hydrogen (secondary N) is 1. The second-order valence-electron chi connectivity index (χ2n) is 4.94. The Hall–Kier alpha value is -3.69. The van der Waals surface area contributed by atoms with Crippen LogP contribution in [-0.2, 0) is 6.54 Å². The molecule has 0 aliphatic heterocycles. The minimum Gasteiger partial charge on any atom is -0.344 e. The lowest BCUT2D eigenvalue weighted by Crippen LogP contribution is -2.25. The second-order valence-corrected chi connectivity index (χ2v) is 4.94. The van der Waals surface area contributed by atoms with Gasteiger partial charge in [-0.3, -0.25) is 14.9 Å². The molecule has 0 aliphatic rings. The summed E-state index contributed by atoms with van der Waals surface area (Å²) in [6.45, 7) is -0.0889. The van der Waals surface area contributed by atoms with Gasteiger partial charge in [-0.1, -0.05) is 18.2 Å². The smallest absolute Gasteiger partial charge is 0.282 e. The van der Waals surface area contributed by atoms with Gasteiger partial charge in [-0.05, 0) is 34.7 Å². The topological polar surface area (TPSA) is 116 Å². The van der Waals surface area contributed by atoms with Crippen LogP contribution in [0.1, 0.15) is 16.2 Å². The number of tetrazole rings is 1. The van der Waals surface area contributed by atoms with E-state index in [4.69, 9.17) is 0 Å². The first-order chi connectivity index (χ1) is 12.1. The Bertz CT molecular complexity index is 942. The molecule has 0 saturated heterocycles. The van der Waals surface area contributed by atoms with Gasteiger partial charge in [0.1, 0.15) is 11.4 Å². The molecule has 2 aromatic carbocycles.